The summed E-state index contributed by atoms with van der Waals surface area (Å²) in [5.41, 5.74) is 2.10. The molecule has 3 aromatic rings. The summed E-state index contributed by atoms with van der Waals surface area (Å²) in [4.78, 5) is 21.8. The number of hydrogen-bond donors (Lipinski definition) is 0. The van der Waals surface area contributed by atoms with E-state index in [0.717, 1.165) is 46.6 Å². The second-order valence-electron chi connectivity index (χ2n) is 7.84. The highest BCUT2D eigenvalue weighted by Crippen LogP contribution is 2.34. The van der Waals surface area contributed by atoms with Gasteiger partial charge in [0, 0.05) is 31.7 Å². The molecule has 0 unspecified atom stereocenters. The molecule has 1 fully saturated rings. The minimum atomic E-state index is -4.51. The first-order chi connectivity index (χ1) is 15.2. The first kappa shape index (κ1) is 25.4. The van der Waals surface area contributed by atoms with Crippen molar-refractivity contribution < 1.29 is 22.7 Å². The van der Waals surface area contributed by atoms with Crippen molar-refractivity contribution in [1.82, 2.24) is 9.88 Å². The molecule has 1 aromatic heterocycles. The maximum absolute atomic E-state index is 13.4. The lowest BCUT2D eigenvalue weighted by molar-refractivity contribution is -0.137. The Balaban J connectivity index is 0.00000306. The predicted octanol–water partition coefficient (Wildman–Crippen LogP) is 5.33. The van der Waals surface area contributed by atoms with Gasteiger partial charge in [0.1, 0.15) is 0 Å². The van der Waals surface area contributed by atoms with Crippen LogP contribution in [0.4, 0.5) is 18.3 Å². The smallest absolute Gasteiger partial charge is 0.379 e. The second-order valence-corrected chi connectivity index (χ2v) is 8.85. The molecule has 0 aliphatic carbocycles. The van der Waals surface area contributed by atoms with Gasteiger partial charge < -0.3 is 4.74 Å². The zero-order chi connectivity index (χ0) is 22.9. The molecular formula is C23H25ClF3N3O2S. The van der Waals surface area contributed by atoms with Gasteiger partial charge in [-0.3, -0.25) is 14.6 Å². The fraction of sp³-hybridized carbons (Fsp3) is 0.391. The third kappa shape index (κ3) is 5.66. The number of benzene rings is 2. The number of hydrogen-bond acceptors (Lipinski definition) is 5. The number of thiazole rings is 1. The summed E-state index contributed by atoms with van der Waals surface area (Å²) in [5, 5.41) is 0.490. The van der Waals surface area contributed by atoms with E-state index in [1.165, 1.54) is 28.4 Å². The van der Waals surface area contributed by atoms with Gasteiger partial charge in [-0.2, -0.15) is 13.2 Å². The van der Waals surface area contributed by atoms with Crippen molar-refractivity contribution in [3.05, 3.63) is 58.7 Å². The molecule has 1 saturated heterocycles. The molecule has 0 saturated carbocycles. The topological polar surface area (TPSA) is 45.7 Å². The monoisotopic (exact) mass is 499 g/mol. The Kier molecular flexibility index (Phi) is 8.00. The highest BCUT2D eigenvalue weighted by Gasteiger charge is 2.32. The minimum Gasteiger partial charge on any atom is -0.379 e. The Morgan fingerprint density at radius 3 is 2.61 bits per heavy atom. The van der Waals surface area contributed by atoms with Crippen LogP contribution in [-0.2, 0) is 10.9 Å². The van der Waals surface area contributed by atoms with Crippen LogP contribution in [0.5, 0.6) is 0 Å². The molecule has 5 nitrogen and oxygen atoms in total. The van der Waals surface area contributed by atoms with Crippen molar-refractivity contribution in [2.75, 3.05) is 44.3 Å². The molecular weight excluding hydrogens is 475 g/mol. The van der Waals surface area contributed by atoms with Crippen LogP contribution in [0, 0.1) is 13.8 Å². The fourth-order valence-corrected chi connectivity index (χ4v) is 4.71. The zero-order valence-electron chi connectivity index (χ0n) is 18.3. The van der Waals surface area contributed by atoms with Gasteiger partial charge in [-0.1, -0.05) is 23.5 Å². The molecule has 0 spiro atoms. The first-order valence-corrected chi connectivity index (χ1v) is 11.2. The van der Waals surface area contributed by atoms with E-state index >= 15 is 0 Å². The first-order valence-electron chi connectivity index (χ1n) is 10.4. The van der Waals surface area contributed by atoms with Crippen LogP contribution in [0.2, 0.25) is 0 Å². The minimum absolute atomic E-state index is 0. The number of carbonyl (C=O) groups is 1. The molecule has 178 valence electrons. The number of ether oxygens (including phenoxy) is 1. The van der Waals surface area contributed by atoms with E-state index in [1.807, 2.05) is 26.0 Å². The number of aromatic nitrogens is 1. The largest absolute Gasteiger partial charge is 0.416 e. The highest BCUT2D eigenvalue weighted by atomic mass is 35.5. The summed E-state index contributed by atoms with van der Waals surface area (Å²) in [5.74, 6) is -0.488. The fourth-order valence-electron chi connectivity index (χ4n) is 3.66. The van der Waals surface area contributed by atoms with Gasteiger partial charge in [0.05, 0.1) is 29.0 Å². The molecule has 2 heterocycles. The molecule has 0 atom stereocenters. The van der Waals surface area contributed by atoms with Crippen LogP contribution < -0.4 is 4.90 Å². The molecule has 0 N–H and O–H groups in total. The molecule has 1 aliphatic rings. The van der Waals surface area contributed by atoms with Crippen molar-refractivity contribution in [3.8, 4) is 0 Å². The van der Waals surface area contributed by atoms with E-state index in [-0.39, 0.29) is 18.0 Å². The van der Waals surface area contributed by atoms with Crippen molar-refractivity contribution >= 4 is 45.0 Å². The highest BCUT2D eigenvalue weighted by molar-refractivity contribution is 7.22. The normalized spacial score (nSPS) is 14.8. The number of carbonyl (C=O) groups excluding carboxylic acids is 1. The third-order valence-corrected chi connectivity index (χ3v) is 6.77. The summed E-state index contributed by atoms with van der Waals surface area (Å²) in [6.07, 6.45) is -4.51. The SMILES string of the molecule is Cc1ccc2sc(N(CCN3CCOCC3)C(=O)c3cccc(C(F)(F)F)c3)nc2c1C.Cl. The van der Waals surface area contributed by atoms with Crippen LogP contribution in [0.1, 0.15) is 27.0 Å². The average Bonchev–Trinajstić information content (AvgIpc) is 3.21. The molecule has 4 rings (SSSR count). The van der Waals surface area contributed by atoms with Crippen LogP contribution in [0.15, 0.2) is 36.4 Å². The van der Waals surface area contributed by atoms with Crippen molar-refractivity contribution in [2.24, 2.45) is 0 Å². The second kappa shape index (κ2) is 10.4. The van der Waals surface area contributed by atoms with Gasteiger partial charge in [-0.05, 0) is 49.2 Å². The van der Waals surface area contributed by atoms with Gasteiger partial charge in [0.2, 0.25) is 0 Å². The van der Waals surface area contributed by atoms with Crippen LogP contribution in [0.3, 0.4) is 0 Å². The third-order valence-electron chi connectivity index (χ3n) is 5.73. The zero-order valence-corrected chi connectivity index (χ0v) is 19.9. The molecule has 10 heteroatoms. The maximum atomic E-state index is 13.4. The van der Waals surface area contributed by atoms with Gasteiger partial charge in [-0.25, -0.2) is 4.98 Å². The van der Waals surface area contributed by atoms with Crippen molar-refractivity contribution in [2.45, 2.75) is 20.0 Å². The number of rotatable bonds is 5. The van der Waals surface area contributed by atoms with E-state index in [9.17, 15) is 18.0 Å². The quantitative estimate of drug-likeness (QED) is 0.476. The van der Waals surface area contributed by atoms with Crippen LogP contribution in [-0.4, -0.2) is 55.2 Å². The Morgan fingerprint density at radius 2 is 1.91 bits per heavy atom. The Morgan fingerprint density at radius 1 is 1.18 bits per heavy atom. The Hall–Kier alpha value is -2.20. The molecule has 1 amide bonds. The summed E-state index contributed by atoms with van der Waals surface area (Å²) < 4.78 is 46.0. The van der Waals surface area contributed by atoms with Crippen LogP contribution in [0.25, 0.3) is 10.2 Å². The lowest BCUT2D eigenvalue weighted by Gasteiger charge is -2.29. The van der Waals surface area contributed by atoms with E-state index in [2.05, 4.69) is 4.90 Å². The predicted molar refractivity (Wildman–Crippen MR) is 127 cm³/mol. The Labute approximate surface area is 200 Å². The molecule has 1 aliphatic heterocycles. The molecule has 0 bridgehead atoms. The van der Waals surface area contributed by atoms with Crippen molar-refractivity contribution in [3.63, 3.8) is 0 Å². The van der Waals surface area contributed by atoms with Crippen LogP contribution >= 0.6 is 23.7 Å². The van der Waals surface area contributed by atoms with E-state index in [1.54, 1.807) is 0 Å². The van der Waals surface area contributed by atoms with Crippen molar-refractivity contribution in [1.29, 1.82) is 0 Å². The number of nitrogens with zero attached hydrogens (tertiary/aromatic N) is 3. The number of anilines is 1. The molecule has 33 heavy (non-hydrogen) atoms. The van der Waals surface area contributed by atoms with Gasteiger partial charge >= 0.3 is 6.18 Å². The summed E-state index contributed by atoms with van der Waals surface area (Å²) in [6.45, 7) is 7.65. The number of amides is 1. The number of alkyl halides is 3. The number of aryl methyl sites for hydroxylation is 2. The molecule has 2 aromatic carbocycles. The van der Waals surface area contributed by atoms with E-state index < -0.39 is 17.6 Å². The van der Waals surface area contributed by atoms with Gasteiger partial charge in [0.25, 0.3) is 5.91 Å². The van der Waals surface area contributed by atoms with E-state index in [4.69, 9.17) is 9.72 Å². The summed E-state index contributed by atoms with van der Waals surface area (Å²) in [6, 6.07) is 8.54. The number of fused-ring (bicyclic) bond motifs is 1. The van der Waals surface area contributed by atoms with E-state index in [0.29, 0.717) is 31.4 Å². The lowest BCUT2D eigenvalue weighted by atomic mass is 10.1. The summed E-state index contributed by atoms with van der Waals surface area (Å²) >= 11 is 1.38. The number of morpholine rings is 1. The summed E-state index contributed by atoms with van der Waals surface area (Å²) in [7, 11) is 0. The average molecular weight is 500 g/mol. The number of halogens is 4. The standard InChI is InChI=1S/C23H24F3N3O2S.ClH/c1-15-6-7-19-20(16(15)2)27-22(32-19)29(9-8-28-10-12-31-13-11-28)21(30)17-4-3-5-18(14-17)23(24,25)26;/h3-7,14H,8-13H2,1-2H3;1H. The maximum Gasteiger partial charge on any atom is 0.416 e. The molecule has 0 radical (unpaired) electrons. The lowest BCUT2D eigenvalue weighted by Crippen LogP contribution is -2.43. The van der Waals surface area contributed by atoms with Gasteiger partial charge in [0.15, 0.2) is 5.13 Å². The van der Waals surface area contributed by atoms with Gasteiger partial charge in [-0.15, -0.1) is 12.4 Å². The Bertz CT molecular complexity index is 1130.